The van der Waals surface area contributed by atoms with E-state index in [0.717, 1.165) is 34.5 Å². The summed E-state index contributed by atoms with van der Waals surface area (Å²) in [5.41, 5.74) is 2.49. The molecule has 0 unspecified atom stereocenters. The molecule has 190 valence electrons. The van der Waals surface area contributed by atoms with Crippen molar-refractivity contribution in [3.8, 4) is 0 Å². The van der Waals surface area contributed by atoms with Gasteiger partial charge in [0.1, 0.15) is 0 Å². The summed E-state index contributed by atoms with van der Waals surface area (Å²) in [4.78, 5) is 47.7. The highest BCUT2D eigenvalue weighted by atomic mass is 16.4. The molecule has 9 nitrogen and oxygen atoms in total. The number of aromatic nitrogens is 3. The Morgan fingerprint density at radius 3 is 2.25 bits per heavy atom. The average Bonchev–Trinajstić information content (AvgIpc) is 2.87. The number of rotatable bonds is 7. The zero-order valence-electron chi connectivity index (χ0n) is 21.0. The summed E-state index contributed by atoms with van der Waals surface area (Å²) < 4.78 is 2.35. The van der Waals surface area contributed by atoms with Crippen LogP contribution in [-0.4, -0.2) is 38.3 Å². The minimum absolute atomic E-state index is 0.114. The first kappa shape index (κ1) is 25.2. The Hall–Kier alpha value is -3.88. The molecule has 1 aliphatic heterocycles. The monoisotopic (exact) mass is 491 g/mol. The second-order valence-electron chi connectivity index (χ2n) is 9.52. The maximum absolute atomic E-state index is 13.5. The third-order valence-corrected chi connectivity index (χ3v) is 6.92. The highest BCUT2D eigenvalue weighted by molar-refractivity contribution is 5.70. The van der Waals surface area contributed by atoms with Gasteiger partial charge < -0.3 is 10.0 Å². The molecule has 3 aromatic rings. The second-order valence-corrected chi connectivity index (χ2v) is 9.52. The van der Waals surface area contributed by atoms with Crippen LogP contribution in [0, 0.1) is 12.8 Å². The fourth-order valence-corrected chi connectivity index (χ4v) is 4.44. The Balaban J connectivity index is 1.80. The van der Waals surface area contributed by atoms with Crippen LogP contribution in [0.25, 0.3) is 0 Å². The van der Waals surface area contributed by atoms with Crippen LogP contribution in [-0.2, 0) is 11.3 Å². The number of anilines is 1. The summed E-state index contributed by atoms with van der Waals surface area (Å²) in [5, 5.41) is 9.44. The highest BCUT2D eigenvalue weighted by Crippen LogP contribution is 2.22. The number of nitrogens with zero attached hydrogens (tertiary/aromatic N) is 4. The van der Waals surface area contributed by atoms with E-state index < -0.39 is 29.3 Å². The Bertz CT molecular complexity index is 1390. The van der Waals surface area contributed by atoms with Gasteiger partial charge in [0.2, 0.25) is 5.62 Å². The van der Waals surface area contributed by atoms with Gasteiger partial charge in [-0.05, 0) is 69.9 Å². The summed E-state index contributed by atoms with van der Waals surface area (Å²) in [6.45, 7) is 7.26. The minimum Gasteiger partial charge on any atom is -0.481 e. The van der Waals surface area contributed by atoms with Gasteiger partial charge in [-0.2, -0.15) is 0 Å². The van der Waals surface area contributed by atoms with Crippen LogP contribution >= 0.6 is 0 Å². The van der Waals surface area contributed by atoms with E-state index in [1.807, 2.05) is 55.5 Å². The number of aromatic amines is 1. The summed E-state index contributed by atoms with van der Waals surface area (Å²) in [7, 11) is 0. The second kappa shape index (κ2) is 10.8. The minimum atomic E-state index is -1.08. The largest absolute Gasteiger partial charge is 0.481 e. The maximum atomic E-state index is 13.5. The molecule has 2 atom stereocenters. The number of aryl methyl sites for hydroxylation is 1. The molecule has 0 bridgehead atoms. The van der Waals surface area contributed by atoms with Crippen molar-refractivity contribution in [2.24, 2.45) is 10.9 Å². The first-order valence-electron chi connectivity index (χ1n) is 12.4. The molecule has 36 heavy (non-hydrogen) atoms. The third-order valence-electron chi connectivity index (χ3n) is 6.92. The van der Waals surface area contributed by atoms with Crippen molar-refractivity contribution in [2.75, 3.05) is 18.0 Å². The molecule has 0 amide bonds. The summed E-state index contributed by atoms with van der Waals surface area (Å²) in [5.74, 6) is -2.01. The number of aliphatic carboxylic acids is 1. The van der Waals surface area contributed by atoms with Crippen LogP contribution in [0.2, 0.25) is 0 Å². The standard InChI is InChI=1S/C27H33N5O4/c1-18-7-9-21(10-8-18)17-31-25(29-26(35)32(27(31)36)20(3)19(2)24(33)34)28-22-11-13-23(14-12-22)30-15-5-4-6-16-30/h7-14,19-20H,4-6,15-17H2,1-3H3,(H,33,34)(H,28,29,35)/t19-,20+/m1/s1. The Morgan fingerprint density at radius 2 is 1.64 bits per heavy atom. The first-order valence-corrected chi connectivity index (χ1v) is 12.4. The lowest BCUT2D eigenvalue weighted by Crippen LogP contribution is -2.52. The fourth-order valence-electron chi connectivity index (χ4n) is 4.44. The van der Waals surface area contributed by atoms with E-state index in [2.05, 4.69) is 14.9 Å². The number of piperidine rings is 1. The van der Waals surface area contributed by atoms with E-state index in [1.165, 1.54) is 30.8 Å². The smallest absolute Gasteiger partial charge is 0.335 e. The molecule has 4 rings (SSSR count). The zero-order chi connectivity index (χ0) is 25.8. The quantitative estimate of drug-likeness (QED) is 0.527. The fraction of sp³-hybridized carbons (Fsp3) is 0.407. The van der Waals surface area contributed by atoms with E-state index in [-0.39, 0.29) is 12.2 Å². The number of benzene rings is 2. The molecule has 1 fully saturated rings. The molecular weight excluding hydrogens is 458 g/mol. The predicted molar refractivity (Wildman–Crippen MR) is 139 cm³/mol. The molecule has 0 radical (unpaired) electrons. The molecule has 2 aromatic carbocycles. The van der Waals surface area contributed by atoms with Gasteiger partial charge in [-0.15, -0.1) is 0 Å². The molecule has 1 saturated heterocycles. The lowest BCUT2D eigenvalue weighted by molar-refractivity contribution is -0.142. The normalized spacial score (nSPS) is 16.1. The molecule has 2 N–H and O–H groups in total. The van der Waals surface area contributed by atoms with E-state index in [1.54, 1.807) is 6.92 Å². The average molecular weight is 492 g/mol. The maximum Gasteiger partial charge on any atom is 0.335 e. The van der Waals surface area contributed by atoms with Crippen LogP contribution in [0.15, 0.2) is 63.1 Å². The van der Waals surface area contributed by atoms with Gasteiger partial charge >= 0.3 is 17.3 Å². The van der Waals surface area contributed by atoms with E-state index >= 15 is 0 Å². The molecule has 0 aliphatic carbocycles. The molecule has 1 aromatic heterocycles. The van der Waals surface area contributed by atoms with Crippen molar-refractivity contribution >= 4 is 17.3 Å². The highest BCUT2D eigenvalue weighted by Gasteiger charge is 2.25. The molecule has 9 heteroatoms. The number of carbonyl (C=O) groups is 1. The lowest BCUT2D eigenvalue weighted by Gasteiger charge is -2.28. The van der Waals surface area contributed by atoms with Crippen LogP contribution < -0.4 is 21.9 Å². The number of H-pyrrole nitrogens is 1. The van der Waals surface area contributed by atoms with Crippen LogP contribution in [0.5, 0.6) is 0 Å². The Morgan fingerprint density at radius 1 is 1.00 bits per heavy atom. The van der Waals surface area contributed by atoms with Crippen molar-refractivity contribution in [3.63, 3.8) is 0 Å². The van der Waals surface area contributed by atoms with Gasteiger partial charge in [0.05, 0.1) is 24.2 Å². The Labute approximate surface area is 209 Å². The zero-order valence-corrected chi connectivity index (χ0v) is 21.0. The van der Waals surface area contributed by atoms with E-state index in [4.69, 9.17) is 0 Å². The first-order chi connectivity index (χ1) is 17.2. The number of carboxylic acids is 1. The predicted octanol–water partition coefficient (Wildman–Crippen LogP) is 3.20. The summed E-state index contributed by atoms with van der Waals surface area (Å²) >= 11 is 0. The number of nitrogens with one attached hydrogen (secondary N) is 1. The molecule has 1 aliphatic rings. The van der Waals surface area contributed by atoms with Gasteiger partial charge in [-0.25, -0.2) is 19.1 Å². The topological polar surface area (TPSA) is 113 Å². The number of hydrogen-bond acceptors (Lipinski definition) is 5. The molecule has 0 saturated carbocycles. The van der Waals surface area contributed by atoms with E-state index in [9.17, 15) is 19.5 Å². The summed E-state index contributed by atoms with van der Waals surface area (Å²) in [6, 6.07) is 14.6. The molecule has 2 heterocycles. The molecule has 0 spiro atoms. The lowest BCUT2D eigenvalue weighted by atomic mass is 10.0. The summed E-state index contributed by atoms with van der Waals surface area (Å²) in [6.07, 6.45) is 3.62. The van der Waals surface area contributed by atoms with Gasteiger partial charge in [-0.1, -0.05) is 29.8 Å². The van der Waals surface area contributed by atoms with E-state index in [0.29, 0.717) is 5.69 Å². The number of hydrogen-bond donors (Lipinski definition) is 2. The van der Waals surface area contributed by atoms with Crippen LogP contribution in [0.4, 0.5) is 11.4 Å². The van der Waals surface area contributed by atoms with Gasteiger partial charge in [0.25, 0.3) is 0 Å². The Kier molecular flexibility index (Phi) is 7.57. The van der Waals surface area contributed by atoms with Crippen molar-refractivity contribution in [1.82, 2.24) is 14.1 Å². The van der Waals surface area contributed by atoms with Crippen molar-refractivity contribution in [1.29, 1.82) is 0 Å². The molecular formula is C27H33N5O4. The third kappa shape index (κ3) is 5.50. The van der Waals surface area contributed by atoms with Crippen LogP contribution in [0.1, 0.15) is 50.3 Å². The van der Waals surface area contributed by atoms with Crippen LogP contribution in [0.3, 0.4) is 0 Å². The number of carboxylic acid groups (broad SMARTS) is 1. The van der Waals surface area contributed by atoms with Gasteiger partial charge in [0, 0.05) is 18.8 Å². The van der Waals surface area contributed by atoms with Crippen molar-refractivity contribution in [3.05, 3.63) is 86.2 Å². The van der Waals surface area contributed by atoms with Gasteiger partial charge in [0.15, 0.2) is 0 Å². The SMILES string of the molecule is Cc1ccc(Cn2c(=O)n([C@@H](C)[C@@H](C)C(=O)O)c(=O)[nH]/c2=N\c2ccc(N3CCCCC3)cc2)cc1. The van der Waals surface area contributed by atoms with Crippen molar-refractivity contribution in [2.45, 2.75) is 52.6 Å². The van der Waals surface area contributed by atoms with Gasteiger partial charge in [-0.3, -0.25) is 14.3 Å². The van der Waals surface area contributed by atoms with Crippen molar-refractivity contribution < 1.29 is 9.90 Å².